The van der Waals surface area contributed by atoms with Crippen LogP contribution in [0.1, 0.15) is 226 Å². The molecule has 59 heavy (non-hydrogen) atoms. The maximum atomic E-state index is 13.2. The topological polar surface area (TPSA) is 95.9 Å². The fourth-order valence-corrected chi connectivity index (χ4v) is 7.14. The molecule has 0 saturated heterocycles. The molecule has 3 unspecified atom stereocenters. The quantitative estimate of drug-likeness (QED) is 0.0246. The van der Waals surface area contributed by atoms with Crippen molar-refractivity contribution >= 4 is 11.9 Å². The summed E-state index contributed by atoms with van der Waals surface area (Å²) < 4.78 is 5.86. The van der Waals surface area contributed by atoms with E-state index in [-0.39, 0.29) is 31.3 Å². The summed E-state index contributed by atoms with van der Waals surface area (Å²) in [5.74, 6) is -0.597. The van der Waals surface area contributed by atoms with Crippen LogP contribution in [0, 0.1) is 0 Å². The first-order chi connectivity index (χ1) is 29.0. The van der Waals surface area contributed by atoms with Gasteiger partial charge in [0.05, 0.1) is 25.2 Å². The molecule has 0 aliphatic carbocycles. The van der Waals surface area contributed by atoms with E-state index in [0.29, 0.717) is 19.3 Å². The molecule has 0 saturated carbocycles. The van der Waals surface area contributed by atoms with E-state index in [4.69, 9.17) is 4.74 Å². The highest BCUT2D eigenvalue weighted by Crippen LogP contribution is 2.17. The van der Waals surface area contributed by atoms with Crippen molar-refractivity contribution in [2.75, 3.05) is 6.61 Å². The Kier molecular flexibility index (Phi) is 44.2. The average molecular weight is 824 g/mol. The first-order valence-corrected chi connectivity index (χ1v) is 24.7. The third-order valence-corrected chi connectivity index (χ3v) is 10.9. The number of carbonyl (C=O) groups excluding carboxylic acids is 2. The Morgan fingerprint density at radius 3 is 1.54 bits per heavy atom. The highest BCUT2D eigenvalue weighted by molar-refractivity contribution is 5.77. The van der Waals surface area contributed by atoms with Crippen molar-refractivity contribution in [2.45, 2.75) is 244 Å². The van der Waals surface area contributed by atoms with E-state index in [1.165, 1.54) is 109 Å². The number of hydrogen-bond donors (Lipinski definition) is 3. The number of unbranched alkanes of at least 4 members (excludes halogenated alkanes) is 22. The van der Waals surface area contributed by atoms with E-state index >= 15 is 0 Å². The summed E-state index contributed by atoms with van der Waals surface area (Å²) in [5, 5.41) is 23.7. The first-order valence-electron chi connectivity index (χ1n) is 24.7. The molecule has 0 bridgehead atoms. The van der Waals surface area contributed by atoms with Crippen molar-refractivity contribution in [2.24, 2.45) is 0 Å². The number of ether oxygens (including phenoxy) is 1. The molecule has 6 nitrogen and oxygen atoms in total. The molecule has 0 aromatic rings. The van der Waals surface area contributed by atoms with Gasteiger partial charge < -0.3 is 20.3 Å². The lowest BCUT2D eigenvalue weighted by atomic mass is 10.0. The van der Waals surface area contributed by atoms with Gasteiger partial charge in [-0.1, -0.05) is 222 Å². The number of aliphatic hydroxyl groups is 2. The lowest BCUT2D eigenvalue weighted by Gasteiger charge is -2.24. The van der Waals surface area contributed by atoms with Gasteiger partial charge in [-0.15, -0.1) is 0 Å². The molecule has 0 spiro atoms. The molecule has 0 aromatic heterocycles. The van der Waals surface area contributed by atoms with Crippen LogP contribution in [-0.4, -0.2) is 46.9 Å². The maximum absolute atomic E-state index is 13.2. The SMILES string of the molecule is CC/C=C/C=C/C=C/C=C\CCCCCC(CC(=O)NC(CO)C(O)CCCCCCCCCCCCCCCC)OC(=O)CC/C=C/C/C=C\CCCCCCCC. The Morgan fingerprint density at radius 2 is 0.983 bits per heavy atom. The van der Waals surface area contributed by atoms with Crippen LogP contribution in [0.5, 0.6) is 0 Å². The smallest absolute Gasteiger partial charge is 0.306 e. The number of nitrogens with one attached hydrogen (secondary N) is 1. The molecule has 3 N–H and O–H groups in total. The van der Waals surface area contributed by atoms with E-state index in [9.17, 15) is 19.8 Å². The fourth-order valence-electron chi connectivity index (χ4n) is 7.14. The van der Waals surface area contributed by atoms with E-state index in [1.54, 1.807) is 0 Å². The van der Waals surface area contributed by atoms with Gasteiger partial charge in [0.2, 0.25) is 5.91 Å². The van der Waals surface area contributed by atoms with E-state index in [0.717, 1.165) is 64.2 Å². The molecule has 0 fully saturated rings. The van der Waals surface area contributed by atoms with E-state index < -0.39 is 18.2 Å². The second-order valence-electron chi connectivity index (χ2n) is 16.6. The number of esters is 1. The first kappa shape index (κ1) is 56.3. The predicted octanol–water partition coefficient (Wildman–Crippen LogP) is 14.6. The van der Waals surface area contributed by atoms with Gasteiger partial charge in [-0.2, -0.15) is 0 Å². The molecular weight excluding hydrogens is 731 g/mol. The summed E-state index contributed by atoms with van der Waals surface area (Å²) in [6.07, 6.45) is 58.3. The number of rotatable bonds is 43. The van der Waals surface area contributed by atoms with E-state index in [1.807, 2.05) is 36.5 Å². The van der Waals surface area contributed by atoms with Gasteiger partial charge in [-0.3, -0.25) is 9.59 Å². The summed E-state index contributed by atoms with van der Waals surface area (Å²) in [7, 11) is 0. The Bertz CT molecular complexity index is 1110. The van der Waals surface area contributed by atoms with Gasteiger partial charge in [-0.05, 0) is 64.2 Å². The Hall–Kier alpha value is -2.70. The molecule has 1 amide bonds. The lowest BCUT2D eigenvalue weighted by molar-refractivity contribution is -0.150. The molecule has 0 rings (SSSR count). The zero-order valence-corrected chi connectivity index (χ0v) is 38.6. The number of allylic oxidation sites excluding steroid dienone is 12. The predicted molar refractivity (Wildman–Crippen MR) is 255 cm³/mol. The normalized spacial score (nSPS) is 13.9. The second kappa shape index (κ2) is 46.4. The van der Waals surface area contributed by atoms with Crippen molar-refractivity contribution in [3.63, 3.8) is 0 Å². The Morgan fingerprint density at radius 1 is 0.525 bits per heavy atom. The maximum Gasteiger partial charge on any atom is 0.306 e. The van der Waals surface area contributed by atoms with Gasteiger partial charge in [0.1, 0.15) is 6.10 Å². The number of aliphatic hydroxyl groups excluding tert-OH is 2. The largest absolute Gasteiger partial charge is 0.462 e. The van der Waals surface area contributed by atoms with Crippen LogP contribution < -0.4 is 5.32 Å². The average Bonchev–Trinajstić information content (AvgIpc) is 3.23. The molecule has 0 radical (unpaired) electrons. The van der Waals surface area contributed by atoms with Gasteiger partial charge in [0.15, 0.2) is 0 Å². The Labute approximate surface area is 364 Å². The molecule has 340 valence electrons. The summed E-state index contributed by atoms with van der Waals surface area (Å²) in [6, 6.07) is -0.727. The molecular formula is C53H93NO5. The zero-order valence-electron chi connectivity index (χ0n) is 38.6. The van der Waals surface area contributed by atoms with Crippen molar-refractivity contribution in [1.82, 2.24) is 5.32 Å². The third kappa shape index (κ3) is 41.8. The summed E-state index contributed by atoms with van der Waals surface area (Å²) in [4.78, 5) is 26.0. The van der Waals surface area contributed by atoms with Gasteiger partial charge in [-0.25, -0.2) is 0 Å². The van der Waals surface area contributed by atoms with Crippen LogP contribution in [0.4, 0.5) is 0 Å². The minimum atomic E-state index is -0.809. The van der Waals surface area contributed by atoms with Gasteiger partial charge >= 0.3 is 5.97 Å². The number of hydrogen-bond acceptors (Lipinski definition) is 5. The lowest BCUT2D eigenvalue weighted by Crippen LogP contribution is -2.46. The van der Waals surface area contributed by atoms with Gasteiger partial charge in [0.25, 0.3) is 0 Å². The van der Waals surface area contributed by atoms with Crippen LogP contribution in [0.15, 0.2) is 72.9 Å². The van der Waals surface area contributed by atoms with Crippen LogP contribution in [-0.2, 0) is 14.3 Å². The molecule has 0 aromatic carbocycles. The van der Waals surface area contributed by atoms with E-state index in [2.05, 4.69) is 62.5 Å². The number of carbonyl (C=O) groups is 2. The molecule has 0 heterocycles. The zero-order chi connectivity index (χ0) is 43.1. The van der Waals surface area contributed by atoms with Gasteiger partial charge in [0, 0.05) is 6.42 Å². The van der Waals surface area contributed by atoms with Crippen LogP contribution in [0.3, 0.4) is 0 Å². The monoisotopic (exact) mass is 824 g/mol. The van der Waals surface area contributed by atoms with Crippen molar-refractivity contribution in [3.05, 3.63) is 72.9 Å². The summed E-state index contributed by atoms with van der Waals surface area (Å²) in [5.41, 5.74) is 0. The molecule has 3 atom stereocenters. The third-order valence-electron chi connectivity index (χ3n) is 10.9. The second-order valence-corrected chi connectivity index (χ2v) is 16.6. The molecule has 6 heteroatoms. The van der Waals surface area contributed by atoms with Crippen molar-refractivity contribution in [1.29, 1.82) is 0 Å². The molecule has 0 aliphatic rings. The van der Waals surface area contributed by atoms with Crippen molar-refractivity contribution < 1.29 is 24.5 Å². The summed E-state index contributed by atoms with van der Waals surface area (Å²) in [6.45, 7) is 6.30. The van der Waals surface area contributed by atoms with Crippen LogP contribution in [0.2, 0.25) is 0 Å². The highest BCUT2D eigenvalue weighted by atomic mass is 16.5. The molecule has 0 aliphatic heterocycles. The Balaban J connectivity index is 4.70. The summed E-state index contributed by atoms with van der Waals surface area (Å²) >= 11 is 0. The minimum Gasteiger partial charge on any atom is -0.462 e. The highest BCUT2D eigenvalue weighted by Gasteiger charge is 2.24. The fraction of sp³-hybridized carbons (Fsp3) is 0.736. The minimum absolute atomic E-state index is 0.0265. The standard InChI is InChI=1S/C53H93NO5/c1-4-7-10-13-16-19-22-25-28-30-33-36-39-42-45-51(56)50(48-55)54-52(57)47-49(44-41-38-35-32-29-26-23-20-17-14-11-8-5-2)59-53(58)46-43-40-37-34-31-27-24-21-18-15-12-9-6-3/h8,11,14,17,20,23,26-27,29,31,37,40,49-51,55-56H,4-7,9-10,12-13,15-16,18-19,21-22,24-25,28,30,32-36,38-39,41-48H2,1-3H3,(H,54,57)/b11-8+,17-14+,23-20+,29-26-,31-27-,40-37+. The van der Waals surface area contributed by atoms with Crippen LogP contribution in [0.25, 0.3) is 0 Å². The number of amides is 1. The van der Waals surface area contributed by atoms with Crippen molar-refractivity contribution in [3.8, 4) is 0 Å². The van der Waals surface area contributed by atoms with Crippen LogP contribution >= 0.6 is 0 Å².